The topological polar surface area (TPSA) is 51.7 Å². The van der Waals surface area contributed by atoms with Crippen molar-refractivity contribution in [3.05, 3.63) is 54.4 Å². The number of hydrogen-bond acceptors (Lipinski definition) is 5. The molecule has 1 saturated carbocycles. The standard InChI is InChI=1S/C20H25N5O/c1-23(17-8-9-17)25(19-3-2-10-22-15-19)20(26)16-4-6-18(7-5-16)24-13-11-21-12-14-24/h2-7,10,15,17,21H,8-9,11-14H2,1H3. The molecular formula is C20H25N5O. The van der Waals surface area contributed by atoms with Gasteiger partial charge in [0.2, 0.25) is 0 Å². The number of hydrazine groups is 1. The molecule has 1 amide bonds. The Morgan fingerprint density at radius 3 is 2.50 bits per heavy atom. The molecule has 1 aliphatic carbocycles. The first-order valence-electron chi connectivity index (χ1n) is 9.27. The number of rotatable bonds is 5. The van der Waals surface area contributed by atoms with E-state index in [1.807, 2.05) is 36.3 Å². The Balaban J connectivity index is 1.57. The van der Waals surface area contributed by atoms with Gasteiger partial charge < -0.3 is 10.2 Å². The van der Waals surface area contributed by atoms with Crippen LogP contribution in [0.2, 0.25) is 0 Å². The van der Waals surface area contributed by atoms with E-state index in [9.17, 15) is 4.79 Å². The van der Waals surface area contributed by atoms with Gasteiger partial charge in [0.1, 0.15) is 0 Å². The van der Waals surface area contributed by atoms with Crippen LogP contribution in [0.4, 0.5) is 11.4 Å². The molecule has 2 aliphatic rings. The second-order valence-electron chi connectivity index (χ2n) is 6.92. The lowest BCUT2D eigenvalue weighted by Gasteiger charge is -2.32. The second kappa shape index (κ2) is 7.43. The van der Waals surface area contributed by atoms with Gasteiger partial charge in [-0.15, -0.1) is 0 Å². The summed E-state index contributed by atoms with van der Waals surface area (Å²) in [6, 6.07) is 12.2. The summed E-state index contributed by atoms with van der Waals surface area (Å²) in [6.07, 6.45) is 5.72. The molecule has 0 spiro atoms. The summed E-state index contributed by atoms with van der Waals surface area (Å²) < 4.78 is 0. The predicted molar refractivity (Wildman–Crippen MR) is 103 cm³/mol. The van der Waals surface area contributed by atoms with Gasteiger partial charge in [0, 0.05) is 56.7 Å². The molecule has 1 aliphatic heterocycles. The van der Waals surface area contributed by atoms with Gasteiger partial charge >= 0.3 is 0 Å². The van der Waals surface area contributed by atoms with Crippen LogP contribution < -0.4 is 15.2 Å². The first-order valence-corrected chi connectivity index (χ1v) is 9.27. The Labute approximate surface area is 154 Å². The van der Waals surface area contributed by atoms with Crippen LogP contribution in [0, 0.1) is 0 Å². The van der Waals surface area contributed by atoms with E-state index in [1.54, 1.807) is 17.4 Å². The summed E-state index contributed by atoms with van der Waals surface area (Å²) in [7, 11) is 1.98. The molecule has 26 heavy (non-hydrogen) atoms. The highest BCUT2D eigenvalue weighted by atomic mass is 16.2. The number of aromatic nitrogens is 1. The number of piperazine rings is 1. The van der Waals surface area contributed by atoms with Crippen LogP contribution in [0.3, 0.4) is 0 Å². The average molecular weight is 351 g/mol. The van der Waals surface area contributed by atoms with Gasteiger partial charge in [-0.1, -0.05) is 0 Å². The zero-order valence-electron chi connectivity index (χ0n) is 15.1. The molecule has 4 rings (SSSR count). The van der Waals surface area contributed by atoms with Crippen LogP contribution in [-0.2, 0) is 0 Å². The summed E-state index contributed by atoms with van der Waals surface area (Å²) >= 11 is 0. The van der Waals surface area contributed by atoms with Crippen molar-refractivity contribution in [1.82, 2.24) is 15.3 Å². The van der Waals surface area contributed by atoms with Crippen molar-refractivity contribution in [2.45, 2.75) is 18.9 Å². The smallest absolute Gasteiger partial charge is 0.272 e. The maximum Gasteiger partial charge on any atom is 0.272 e. The average Bonchev–Trinajstić information content (AvgIpc) is 3.55. The van der Waals surface area contributed by atoms with Crippen LogP contribution in [-0.4, -0.2) is 55.2 Å². The third kappa shape index (κ3) is 3.57. The van der Waals surface area contributed by atoms with E-state index in [-0.39, 0.29) is 5.91 Å². The molecule has 2 heterocycles. The van der Waals surface area contributed by atoms with Gasteiger partial charge in [-0.25, -0.2) is 10.0 Å². The molecular weight excluding hydrogens is 326 g/mol. The number of nitrogens with zero attached hydrogens (tertiary/aromatic N) is 4. The minimum atomic E-state index is -0.0146. The third-order valence-electron chi connectivity index (χ3n) is 5.07. The quantitative estimate of drug-likeness (QED) is 0.837. The van der Waals surface area contributed by atoms with Crippen molar-refractivity contribution < 1.29 is 4.79 Å². The van der Waals surface area contributed by atoms with E-state index in [2.05, 4.69) is 27.3 Å². The number of carbonyl (C=O) groups excluding carboxylic acids is 1. The van der Waals surface area contributed by atoms with Crippen LogP contribution in [0.1, 0.15) is 23.2 Å². The Hall–Kier alpha value is -2.44. The van der Waals surface area contributed by atoms with Crippen LogP contribution in [0.25, 0.3) is 0 Å². The van der Waals surface area contributed by atoms with E-state index < -0.39 is 0 Å². The summed E-state index contributed by atoms with van der Waals surface area (Å²) in [5, 5.41) is 7.16. The van der Waals surface area contributed by atoms with Crippen LogP contribution >= 0.6 is 0 Å². The summed E-state index contributed by atoms with van der Waals surface area (Å²) in [4.78, 5) is 19.8. The molecule has 1 aromatic heterocycles. The maximum atomic E-state index is 13.2. The molecule has 2 fully saturated rings. The number of nitrogens with one attached hydrogen (secondary N) is 1. The van der Waals surface area contributed by atoms with E-state index in [1.165, 1.54) is 5.69 Å². The Bertz CT molecular complexity index is 739. The normalized spacial score (nSPS) is 17.4. The van der Waals surface area contributed by atoms with Gasteiger partial charge in [-0.2, -0.15) is 0 Å². The molecule has 1 saturated heterocycles. The first-order chi connectivity index (χ1) is 12.7. The minimum absolute atomic E-state index is 0.0146. The summed E-state index contributed by atoms with van der Waals surface area (Å²) in [5.41, 5.74) is 2.67. The fourth-order valence-electron chi connectivity index (χ4n) is 3.39. The summed E-state index contributed by atoms with van der Waals surface area (Å²) in [5.74, 6) is -0.0146. The predicted octanol–water partition coefficient (Wildman–Crippen LogP) is 2.15. The zero-order valence-corrected chi connectivity index (χ0v) is 15.1. The highest BCUT2D eigenvalue weighted by molar-refractivity contribution is 6.05. The van der Waals surface area contributed by atoms with Crippen molar-refractivity contribution in [2.75, 3.05) is 43.1 Å². The number of benzene rings is 1. The second-order valence-corrected chi connectivity index (χ2v) is 6.92. The van der Waals surface area contributed by atoms with Gasteiger partial charge in [-0.3, -0.25) is 9.78 Å². The maximum absolute atomic E-state index is 13.2. The molecule has 0 bridgehead atoms. The lowest BCUT2D eigenvalue weighted by Crippen LogP contribution is -2.46. The molecule has 6 nitrogen and oxygen atoms in total. The monoisotopic (exact) mass is 351 g/mol. The van der Waals surface area contributed by atoms with Crippen molar-refractivity contribution in [2.24, 2.45) is 0 Å². The molecule has 1 N–H and O–H groups in total. The number of anilines is 2. The van der Waals surface area contributed by atoms with Crippen molar-refractivity contribution >= 4 is 17.3 Å². The molecule has 6 heteroatoms. The molecule has 2 aromatic rings. The lowest BCUT2D eigenvalue weighted by atomic mass is 10.1. The van der Waals surface area contributed by atoms with Crippen LogP contribution in [0.5, 0.6) is 0 Å². The fourth-order valence-corrected chi connectivity index (χ4v) is 3.39. The van der Waals surface area contributed by atoms with Crippen molar-refractivity contribution in [1.29, 1.82) is 0 Å². The Morgan fingerprint density at radius 1 is 1.15 bits per heavy atom. The van der Waals surface area contributed by atoms with Gasteiger partial charge in [-0.05, 0) is 49.2 Å². The highest BCUT2D eigenvalue weighted by Gasteiger charge is 2.34. The molecule has 0 radical (unpaired) electrons. The molecule has 0 atom stereocenters. The minimum Gasteiger partial charge on any atom is -0.369 e. The van der Waals surface area contributed by atoms with E-state index in [0.29, 0.717) is 11.6 Å². The van der Waals surface area contributed by atoms with Crippen LogP contribution in [0.15, 0.2) is 48.8 Å². The number of amides is 1. The van der Waals surface area contributed by atoms with Gasteiger partial charge in [0.05, 0.1) is 11.9 Å². The third-order valence-corrected chi connectivity index (χ3v) is 5.07. The van der Waals surface area contributed by atoms with Gasteiger partial charge in [0.25, 0.3) is 5.91 Å². The van der Waals surface area contributed by atoms with Crippen molar-refractivity contribution in [3.63, 3.8) is 0 Å². The molecule has 1 aromatic carbocycles. The lowest BCUT2D eigenvalue weighted by molar-refractivity contribution is 0.0909. The SMILES string of the molecule is CN(C1CC1)N(C(=O)c1ccc(N2CCNCC2)cc1)c1cccnc1. The molecule has 136 valence electrons. The fraction of sp³-hybridized carbons (Fsp3) is 0.400. The summed E-state index contributed by atoms with van der Waals surface area (Å²) in [6.45, 7) is 4.00. The Morgan fingerprint density at radius 2 is 1.88 bits per heavy atom. The number of pyridine rings is 1. The molecule has 0 unspecified atom stereocenters. The first kappa shape index (κ1) is 17.0. The highest BCUT2D eigenvalue weighted by Crippen LogP contribution is 2.30. The number of carbonyl (C=O) groups is 1. The van der Waals surface area contributed by atoms with E-state index >= 15 is 0 Å². The van der Waals surface area contributed by atoms with Crippen molar-refractivity contribution in [3.8, 4) is 0 Å². The van der Waals surface area contributed by atoms with E-state index in [4.69, 9.17) is 0 Å². The van der Waals surface area contributed by atoms with Gasteiger partial charge in [0.15, 0.2) is 0 Å². The number of hydrogen-bond donors (Lipinski definition) is 1. The Kier molecular flexibility index (Phi) is 4.86. The van der Waals surface area contributed by atoms with E-state index in [0.717, 1.165) is 44.7 Å². The zero-order chi connectivity index (χ0) is 17.9. The largest absolute Gasteiger partial charge is 0.369 e.